The second kappa shape index (κ2) is 22.8. The van der Waals surface area contributed by atoms with Gasteiger partial charge in [0, 0.05) is 18.0 Å². The van der Waals surface area contributed by atoms with Gasteiger partial charge in [0.25, 0.3) is 10.1 Å². The average Bonchev–Trinajstić information content (AvgIpc) is 3.69. The molecular weight excluding hydrogens is 907 g/mol. The van der Waals surface area contributed by atoms with Crippen LogP contribution in [-0.2, 0) is 75.7 Å². The lowest BCUT2D eigenvalue weighted by molar-refractivity contribution is -0.228. The summed E-state index contributed by atoms with van der Waals surface area (Å²) in [6, 6.07) is -0.00359. The summed E-state index contributed by atoms with van der Waals surface area (Å²) >= 11 is 0. The molecule has 3 aliphatic rings. The van der Waals surface area contributed by atoms with Gasteiger partial charge in [-0.15, -0.1) is 0 Å². The first kappa shape index (κ1) is 54.5. The van der Waals surface area contributed by atoms with Gasteiger partial charge in [-0.05, 0) is 82.6 Å². The topological polar surface area (TPSA) is 342 Å². The summed E-state index contributed by atoms with van der Waals surface area (Å²) < 4.78 is 47.9. The Bertz CT molecular complexity index is 2150. The number of carboxylic acid groups (broad SMARTS) is 1. The molecule has 6 amide bonds. The number of ether oxygens (including phenoxy) is 3. The minimum Gasteiger partial charge on any atom is -0.479 e. The average molecular weight is 970 g/mol. The van der Waals surface area contributed by atoms with E-state index in [-0.39, 0.29) is 44.6 Å². The van der Waals surface area contributed by atoms with Crippen LogP contribution >= 0.6 is 0 Å². The molecule has 0 bridgehead atoms. The Morgan fingerprint density at radius 2 is 1.61 bits per heavy atom. The number of likely N-dealkylation sites (tertiary alicyclic amines) is 2. The first-order valence-electron chi connectivity index (χ1n) is 22.0. The summed E-state index contributed by atoms with van der Waals surface area (Å²) in [6.07, 6.45) is -8.27. The monoisotopic (exact) mass is 969 g/mol. The van der Waals surface area contributed by atoms with E-state index in [1.165, 1.54) is 19.1 Å². The molecule has 24 heteroatoms. The van der Waals surface area contributed by atoms with E-state index >= 15 is 0 Å². The molecule has 10 atom stereocenters. The maximum Gasteiger partial charge on any atom is 0.335 e. The minimum absolute atomic E-state index is 0.0460. The minimum atomic E-state index is -4.38. The van der Waals surface area contributed by atoms with Crippen LogP contribution in [0, 0.1) is 17.3 Å². The number of anilines is 1. The summed E-state index contributed by atoms with van der Waals surface area (Å²) in [5.41, 5.74) is 0.343. The van der Waals surface area contributed by atoms with Crippen LogP contribution < -0.4 is 16.0 Å². The summed E-state index contributed by atoms with van der Waals surface area (Å²) in [7, 11) is -4.38. The van der Waals surface area contributed by atoms with Gasteiger partial charge >= 0.3 is 11.9 Å². The number of aliphatic hydroxyl groups is 3. The summed E-state index contributed by atoms with van der Waals surface area (Å²) in [4.78, 5) is 107. The van der Waals surface area contributed by atoms with Gasteiger partial charge in [-0.2, -0.15) is 8.42 Å². The molecule has 67 heavy (non-hydrogen) atoms. The number of esters is 1. The lowest BCUT2D eigenvalue weighted by Crippen LogP contribution is -2.59. The molecule has 0 saturated carbocycles. The van der Waals surface area contributed by atoms with Crippen molar-refractivity contribution in [3.05, 3.63) is 29.3 Å². The van der Waals surface area contributed by atoms with Crippen LogP contribution in [0.4, 0.5) is 5.69 Å². The number of rotatable bonds is 21. The molecule has 0 radical (unpaired) electrons. The second-order valence-electron chi connectivity index (χ2n) is 18.4. The number of hydrogen-bond acceptors (Lipinski definition) is 16. The van der Waals surface area contributed by atoms with Crippen LogP contribution in [0.3, 0.4) is 0 Å². The molecule has 1 aromatic rings. The van der Waals surface area contributed by atoms with E-state index in [9.17, 15) is 67.2 Å². The van der Waals surface area contributed by atoms with Crippen molar-refractivity contribution in [1.82, 2.24) is 20.4 Å². The van der Waals surface area contributed by atoms with Gasteiger partial charge in [0.05, 0.1) is 43.1 Å². The van der Waals surface area contributed by atoms with Crippen molar-refractivity contribution >= 4 is 63.2 Å². The SMILES string of the molecule is CCC1CC(=O)N([C@H]2C[C@@H](COCCS(=O)(=O)O)N(CC(=O)N[C@H](C(=O)N[C@@H](C)C(=O)Nc3ccc(COC(=O)C(C)(C)C)c(CC[C@@H]4O[C@H](C(=O)O)[C@@H](O)[C@H](O)[C@H]4O)c3)C(C)C)C2=O)C1=O. The normalized spacial score (nSPS) is 25.5. The highest BCUT2D eigenvalue weighted by Crippen LogP contribution is 2.32. The molecule has 1 aromatic carbocycles. The fourth-order valence-corrected chi connectivity index (χ4v) is 8.17. The lowest BCUT2D eigenvalue weighted by Gasteiger charge is -2.39. The molecule has 23 nitrogen and oxygen atoms in total. The van der Waals surface area contributed by atoms with E-state index in [0.29, 0.717) is 17.5 Å². The van der Waals surface area contributed by atoms with Crippen molar-refractivity contribution in [3.8, 4) is 0 Å². The molecular formula is C43H63N5O18S. The van der Waals surface area contributed by atoms with Gasteiger partial charge < -0.3 is 55.5 Å². The maximum atomic E-state index is 13.8. The fourth-order valence-electron chi connectivity index (χ4n) is 7.84. The van der Waals surface area contributed by atoms with Gasteiger partial charge in [0.15, 0.2) is 6.10 Å². The zero-order valence-corrected chi connectivity index (χ0v) is 39.3. The van der Waals surface area contributed by atoms with Gasteiger partial charge in [-0.25, -0.2) is 4.79 Å². The Balaban J connectivity index is 1.45. The quantitative estimate of drug-likeness (QED) is 0.0313. The highest BCUT2D eigenvalue weighted by molar-refractivity contribution is 7.85. The first-order chi connectivity index (χ1) is 31.1. The largest absolute Gasteiger partial charge is 0.479 e. The van der Waals surface area contributed by atoms with Gasteiger partial charge in [0.2, 0.25) is 35.4 Å². The van der Waals surface area contributed by atoms with Crippen LogP contribution in [0.25, 0.3) is 0 Å². The molecule has 3 saturated heterocycles. The fraction of sp³-hybridized carbons (Fsp3) is 0.674. The van der Waals surface area contributed by atoms with Crippen molar-refractivity contribution in [3.63, 3.8) is 0 Å². The number of hydrogen-bond donors (Lipinski definition) is 8. The first-order valence-corrected chi connectivity index (χ1v) is 23.6. The zero-order chi connectivity index (χ0) is 50.3. The van der Waals surface area contributed by atoms with E-state index in [1.807, 2.05) is 0 Å². The van der Waals surface area contributed by atoms with Crippen molar-refractivity contribution in [2.75, 3.05) is 30.8 Å². The van der Waals surface area contributed by atoms with E-state index in [1.54, 1.807) is 47.6 Å². The van der Waals surface area contributed by atoms with Crippen LogP contribution in [0.15, 0.2) is 18.2 Å². The Morgan fingerprint density at radius 3 is 2.19 bits per heavy atom. The molecule has 0 aromatic heterocycles. The highest BCUT2D eigenvalue weighted by Gasteiger charge is 2.51. The molecule has 3 heterocycles. The molecule has 3 aliphatic heterocycles. The third-order valence-corrected chi connectivity index (χ3v) is 12.5. The summed E-state index contributed by atoms with van der Waals surface area (Å²) in [5, 5.41) is 48.3. The number of aliphatic carboxylic acids is 1. The highest BCUT2D eigenvalue weighted by atomic mass is 32.2. The standard InChI is InChI=1S/C43H63N5O18S/c1-8-23-16-31(50)48(39(23)56)28-17-27(20-64-13-14-67(61,62)63)47(40(28)57)18-30(49)46-32(21(2)3)38(55)44-22(4)37(54)45-26-11-9-25(19-65-42(60)43(5,6)7)24(15-26)10-12-29-33(51)34(52)35(53)36(66-29)41(58)59/h9,11,15,21-23,27-29,32-36,51-53H,8,10,12-14,16-20H2,1-7H3,(H,44,55)(H,45,54)(H,46,49)(H,58,59)(H,61,62,63)/t22-,23?,27-,28-,29-,32-,33-,34+,35-,36-/m0/s1. The number of aryl methyl sites for hydroxylation is 1. The number of benzene rings is 1. The Kier molecular flexibility index (Phi) is 18.5. The van der Waals surface area contributed by atoms with E-state index < -0.39 is 148 Å². The molecule has 0 spiro atoms. The second-order valence-corrected chi connectivity index (χ2v) is 20.0. The molecule has 8 N–H and O–H groups in total. The maximum absolute atomic E-state index is 13.8. The van der Waals surface area contributed by atoms with Crippen LogP contribution in [-0.4, -0.2) is 171 Å². The van der Waals surface area contributed by atoms with Gasteiger partial charge in [-0.3, -0.25) is 43.0 Å². The third-order valence-electron chi connectivity index (χ3n) is 11.8. The molecule has 3 fully saturated rings. The third kappa shape index (κ3) is 14.2. The van der Waals surface area contributed by atoms with E-state index in [2.05, 4.69) is 16.0 Å². The Labute approximate surface area is 388 Å². The van der Waals surface area contributed by atoms with Crippen molar-refractivity contribution < 1.29 is 86.0 Å². The predicted molar refractivity (Wildman–Crippen MR) is 233 cm³/mol. The van der Waals surface area contributed by atoms with Crippen LogP contribution in [0.5, 0.6) is 0 Å². The number of imide groups is 1. The number of nitrogens with one attached hydrogen (secondary N) is 3. The number of carbonyl (C=O) groups is 8. The summed E-state index contributed by atoms with van der Waals surface area (Å²) in [6.45, 7) is 9.74. The van der Waals surface area contributed by atoms with E-state index in [0.717, 1.165) is 9.80 Å². The van der Waals surface area contributed by atoms with Crippen molar-refractivity contribution in [2.45, 2.75) is 142 Å². The Morgan fingerprint density at radius 1 is 0.940 bits per heavy atom. The number of carbonyl (C=O) groups excluding carboxylic acids is 7. The van der Waals surface area contributed by atoms with Gasteiger partial charge in [0.1, 0.15) is 43.0 Å². The number of aliphatic hydroxyl groups excluding tert-OH is 3. The predicted octanol–water partition coefficient (Wildman–Crippen LogP) is -1.11. The number of carboxylic acids is 1. The smallest absolute Gasteiger partial charge is 0.335 e. The molecule has 1 unspecified atom stereocenters. The van der Waals surface area contributed by atoms with Gasteiger partial charge in [-0.1, -0.05) is 26.8 Å². The number of amides is 6. The zero-order valence-electron chi connectivity index (χ0n) is 38.5. The Hall–Kier alpha value is -5.11. The van der Waals surface area contributed by atoms with Crippen molar-refractivity contribution in [2.24, 2.45) is 17.3 Å². The summed E-state index contributed by atoms with van der Waals surface area (Å²) in [5.74, 6) is -8.07. The molecule has 0 aliphatic carbocycles. The van der Waals surface area contributed by atoms with Crippen LogP contribution in [0.1, 0.15) is 85.3 Å². The molecule has 374 valence electrons. The van der Waals surface area contributed by atoms with Crippen LogP contribution in [0.2, 0.25) is 0 Å². The lowest BCUT2D eigenvalue weighted by atomic mass is 9.91. The van der Waals surface area contributed by atoms with E-state index in [4.69, 9.17) is 18.8 Å². The molecule has 4 rings (SSSR count). The number of nitrogens with zero attached hydrogens (tertiary/aromatic N) is 2. The van der Waals surface area contributed by atoms with Crippen molar-refractivity contribution in [1.29, 1.82) is 0 Å².